The molecule has 1 aromatic heterocycles. The van der Waals surface area contributed by atoms with Crippen LogP contribution in [0.5, 0.6) is 0 Å². The second kappa shape index (κ2) is 2.17. The predicted molar refractivity (Wildman–Crippen MR) is 46.6 cm³/mol. The van der Waals surface area contributed by atoms with Crippen molar-refractivity contribution in [1.82, 2.24) is 8.75 Å². The van der Waals surface area contributed by atoms with Gasteiger partial charge in [0.1, 0.15) is 11.0 Å². The van der Waals surface area contributed by atoms with E-state index in [9.17, 15) is 0 Å². The summed E-state index contributed by atoms with van der Waals surface area (Å²) < 4.78 is 8.23. The molecule has 0 aliphatic heterocycles. The van der Waals surface area contributed by atoms with Gasteiger partial charge in [0, 0.05) is 11.3 Å². The maximum absolute atomic E-state index is 5.68. The molecule has 0 aliphatic carbocycles. The van der Waals surface area contributed by atoms with E-state index in [1.165, 1.54) is 11.7 Å². The first kappa shape index (κ1) is 6.54. The van der Waals surface area contributed by atoms with E-state index in [0.29, 0.717) is 0 Å². The van der Waals surface area contributed by atoms with Crippen LogP contribution < -0.4 is 5.73 Å². The van der Waals surface area contributed by atoms with Crippen LogP contribution in [0.2, 0.25) is 0 Å². The standard InChI is InChI=1S/C7H7N3S/c1-4-5(8)2-3-6-7(4)10-11-9-6/h2-3H,8H2,1H3. The van der Waals surface area contributed by atoms with Gasteiger partial charge in [-0.1, -0.05) is 0 Å². The first-order chi connectivity index (χ1) is 5.29. The number of benzene rings is 1. The van der Waals surface area contributed by atoms with Gasteiger partial charge in [-0.25, -0.2) is 0 Å². The summed E-state index contributed by atoms with van der Waals surface area (Å²) >= 11 is 1.22. The van der Waals surface area contributed by atoms with Crippen LogP contribution in [0.15, 0.2) is 12.1 Å². The highest BCUT2D eigenvalue weighted by Crippen LogP contribution is 2.20. The number of nitrogens with two attached hydrogens (primary N) is 1. The van der Waals surface area contributed by atoms with Crippen LogP contribution in [0.3, 0.4) is 0 Å². The van der Waals surface area contributed by atoms with E-state index >= 15 is 0 Å². The molecule has 56 valence electrons. The molecule has 0 saturated heterocycles. The third kappa shape index (κ3) is 0.867. The molecule has 0 spiro atoms. The Hall–Kier alpha value is -1.16. The zero-order valence-electron chi connectivity index (χ0n) is 6.03. The number of fused-ring (bicyclic) bond motifs is 1. The van der Waals surface area contributed by atoms with Gasteiger partial charge in [0.05, 0.1) is 11.7 Å². The van der Waals surface area contributed by atoms with Crippen molar-refractivity contribution in [3.8, 4) is 0 Å². The molecule has 0 aliphatic rings. The second-order valence-corrected chi connectivity index (χ2v) is 2.94. The topological polar surface area (TPSA) is 51.8 Å². The lowest BCUT2D eigenvalue weighted by molar-refractivity contribution is 1.48. The van der Waals surface area contributed by atoms with Crippen molar-refractivity contribution in [2.75, 3.05) is 5.73 Å². The number of aryl methyl sites for hydroxylation is 1. The van der Waals surface area contributed by atoms with Gasteiger partial charge < -0.3 is 5.73 Å². The summed E-state index contributed by atoms with van der Waals surface area (Å²) in [5, 5.41) is 0. The van der Waals surface area contributed by atoms with Gasteiger partial charge in [-0.3, -0.25) is 0 Å². The second-order valence-electron chi connectivity index (χ2n) is 2.41. The van der Waals surface area contributed by atoms with Gasteiger partial charge >= 0.3 is 0 Å². The lowest BCUT2D eigenvalue weighted by Gasteiger charge is -1.96. The summed E-state index contributed by atoms with van der Waals surface area (Å²) in [5.41, 5.74) is 9.35. The third-order valence-corrected chi connectivity index (χ3v) is 2.27. The molecule has 0 amide bonds. The number of nitrogens with zero attached hydrogens (tertiary/aromatic N) is 2. The summed E-state index contributed by atoms with van der Waals surface area (Å²) in [5.74, 6) is 0. The van der Waals surface area contributed by atoms with Crippen LogP contribution in [-0.4, -0.2) is 8.75 Å². The lowest BCUT2D eigenvalue weighted by atomic mass is 10.2. The highest BCUT2D eigenvalue weighted by atomic mass is 32.1. The molecule has 3 nitrogen and oxygen atoms in total. The van der Waals surface area contributed by atoms with Gasteiger partial charge in [0.2, 0.25) is 0 Å². The van der Waals surface area contributed by atoms with E-state index in [4.69, 9.17) is 5.73 Å². The molecule has 1 heterocycles. The molecule has 4 heteroatoms. The number of hydrogen-bond acceptors (Lipinski definition) is 4. The first-order valence-corrected chi connectivity index (χ1v) is 3.99. The number of aromatic nitrogens is 2. The summed E-state index contributed by atoms with van der Waals surface area (Å²) in [4.78, 5) is 0. The van der Waals surface area contributed by atoms with Crippen molar-refractivity contribution >= 4 is 28.4 Å². The zero-order valence-corrected chi connectivity index (χ0v) is 6.85. The maximum atomic E-state index is 5.68. The Labute approximate surface area is 68.2 Å². The number of nitrogen functional groups attached to an aromatic ring is 1. The first-order valence-electron chi connectivity index (χ1n) is 3.26. The van der Waals surface area contributed by atoms with Gasteiger partial charge in [0.25, 0.3) is 0 Å². The Kier molecular flexibility index (Phi) is 1.29. The molecule has 0 bridgehead atoms. The SMILES string of the molecule is Cc1c(N)ccc2nsnc12. The predicted octanol–water partition coefficient (Wildman–Crippen LogP) is 1.58. The minimum Gasteiger partial charge on any atom is -0.398 e. The average molecular weight is 165 g/mol. The van der Waals surface area contributed by atoms with E-state index in [1.54, 1.807) is 0 Å². The third-order valence-electron chi connectivity index (χ3n) is 1.72. The molecule has 1 aromatic carbocycles. The summed E-state index contributed by atoms with van der Waals surface area (Å²) in [6.07, 6.45) is 0. The molecule has 2 aromatic rings. The van der Waals surface area contributed by atoms with E-state index in [2.05, 4.69) is 8.75 Å². The van der Waals surface area contributed by atoms with Gasteiger partial charge in [-0.05, 0) is 19.1 Å². The zero-order chi connectivity index (χ0) is 7.84. The number of rotatable bonds is 0. The molecule has 0 fully saturated rings. The monoisotopic (exact) mass is 165 g/mol. The molecule has 11 heavy (non-hydrogen) atoms. The quantitative estimate of drug-likeness (QED) is 0.603. The molecule has 0 unspecified atom stereocenters. The van der Waals surface area contributed by atoms with E-state index in [0.717, 1.165) is 22.3 Å². The molecular weight excluding hydrogens is 158 g/mol. The highest BCUT2D eigenvalue weighted by molar-refractivity contribution is 7.00. The number of hydrogen-bond donors (Lipinski definition) is 1. The molecule has 0 saturated carbocycles. The molecule has 0 radical (unpaired) electrons. The van der Waals surface area contributed by atoms with Crippen molar-refractivity contribution in [1.29, 1.82) is 0 Å². The van der Waals surface area contributed by atoms with Gasteiger partial charge in [-0.2, -0.15) is 8.75 Å². The normalized spacial score (nSPS) is 10.6. The minimum atomic E-state index is 0.783. The van der Waals surface area contributed by atoms with Crippen LogP contribution in [-0.2, 0) is 0 Å². The smallest absolute Gasteiger partial charge is 0.109 e. The van der Waals surface area contributed by atoms with Crippen molar-refractivity contribution in [3.63, 3.8) is 0 Å². The van der Waals surface area contributed by atoms with Crippen molar-refractivity contribution in [2.24, 2.45) is 0 Å². The van der Waals surface area contributed by atoms with Crippen LogP contribution in [0.25, 0.3) is 11.0 Å². The van der Waals surface area contributed by atoms with Crippen molar-refractivity contribution in [3.05, 3.63) is 17.7 Å². The Bertz CT molecular complexity index is 393. The van der Waals surface area contributed by atoms with E-state index in [1.807, 2.05) is 19.1 Å². The Morgan fingerprint density at radius 3 is 3.00 bits per heavy atom. The Balaban J connectivity index is 2.93. The summed E-state index contributed by atoms with van der Waals surface area (Å²) in [7, 11) is 0. The van der Waals surface area contributed by atoms with Gasteiger partial charge in [-0.15, -0.1) is 0 Å². The minimum absolute atomic E-state index is 0.783. The largest absolute Gasteiger partial charge is 0.398 e. The van der Waals surface area contributed by atoms with Crippen molar-refractivity contribution < 1.29 is 0 Å². The van der Waals surface area contributed by atoms with E-state index in [-0.39, 0.29) is 0 Å². The highest BCUT2D eigenvalue weighted by Gasteiger charge is 2.02. The fourth-order valence-electron chi connectivity index (χ4n) is 0.996. The summed E-state index contributed by atoms with van der Waals surface area (Å²) in [6.45, 7) is 1.96. The van der Waals surface area contributed by atoms with Crippen molar-refractivity contribution in [2.45, 2.75) is 6.92 Å². The lowest BCUT2D eigenvalue weighted by Crippen LogP contribution is -1.89. The summed E-state index contributed by atoms with van der Waals surface area (Å²) in [6, 6.07) is 3.75. The average Bonchev–Trinajstić information content (AvgIpc) is 2.45. The van der Waals surface area contributed by atoms with Crippen LogP contribution in [0, 0.1) is 6.92 Å². The van der Waals surface area contributed by atoms with Crippen LogP contribution in [0.4, 0.5) is 5.69 Å². The Morgan fingerprint density at radius 1 is 1.36 bits per heavy atom. The maximum Gasteiger partial charge on any atom is 0.109 e. The van der Waals surface area contributed by atoms with Crippen LogP contribution in [0.1, 0.15) is 5.56 Å². The fourth-order valence-corrected chi connectivity index (χ4v) is 1.58. The molecule has 2 N–H and O–H groups in total. The molecular formula is C7H7N3S. The molecule has 0 atom stereocenters. The fraction of sp³-hybridized carbons (Fsp3) is 0.143. The van der Waals surface area contributed by atoms with Crippen LogP contribution >= 0.6 is 11.7 Å². The number of anilines is 1. The Morgan fingerprint density at radius 2 is 2.18 bits per heavy atom. The van der Waals surface area contributed by atoms with E-state index < -0.39 is 0 Å². The molecule has 2 rings (SSSR count). The van der Waals surface area contributed by atoms with Gasteiger partial charge in [0.15, 0.2) is 0 Å².